The third-order valence-electron chi connectivity index (χ3n) is 4.33. The van der Waals surface area contributed by atoms with E-state index in [0.29, 0.717) is 18.1 Å². The van der Waals surface area contributed by atoms with Crippen LogP contribution in [0.5, 0.6) is 0 Å². The van der Waals surface area contributed by atoms with Crippen LogP contribution in [0.1, 0.15) is 36.7 Å². The van der Waals surface area contributed by atoms with Crippen LogP contribution in [0.25, 0.3) is 11.7 Å². The maximum atomic E-state index is 12.1. The van der Waals surface area contributed by atoms with Gasteiger partial charge in [-0.3, -0.25) is 9.48 Å². The van der Waals surface area contributed by atoms with Crippen molar-refractivity contribution in [2.75, 3.05) is 6.54 Å². The monoisotopic (exact) mass is 385 g/mol. The smallest absolute Gasteiger partial charge is 0.244 e. The first-order chi connectivity index (χ1) is 13.1. The van der Waals surface area contributed by atoms with Crippen molar-refractivity contribution in [2.24, 2.45) is 0 Å². The SMILES string of the molecule is CCCCn1nc(C)c(/C=C/C(=O)NCCc2cn3ccccc3n2)c1Cl. The van der Waals surface area contributed by atoms with Gasteiger partial charge in [0.1, 0.15) is 10.8 Å². The minimum atomic E-state index is -0.157. The Morgan fingerprint density at radius 2 is 2.22 bits per heavy atom. The zero-order chi connectivity index (χ0) is 19.2. The molecule has 0 saturated carbocycles. The largest absolute Gasteiger partial charge is 0.352 e. The van der Waals surface area contributed by atoms with E-state index in [2.05, 4.69) is 22.3 Å². The number of hydrogen-bond donors (Lipinski definition) is 1. The highest BCUT2D eigenvalue weighted by molar-refractivity contribution is 6.31. The maximum absolute atomic E-state index is 12.1. The molecule has 3 heterocycles. The number of aromatic nitrogens is 4. The fourth-order valence-electron chi connectivity index (χ4n) is 2.85. The van der Waals surface area contributed by atoms with Gasteiger partial charge < -0.3 is 9.72 Å². The van der Waals surface area contributed by atoms with Crippen LogP contribution in [-0.2, 0) is 17.8 Å². The van der Waals surface area contributed by atoms with Crippen LogP contribution in [0.3, 0.4) is 0 Å². The molecule has 1 amide bonds. The van der Waals surface area contributed by atoms with Gasteiger partial charge in [-0.05, 0) is 31.6 Å². The first-order valence-corrected chi connectivity index (χ1v) is 9.57. The van der Waals surface area contributed by atoms with Gasteiger partial charge >= 0.3 is 0 Å². The van der Waals surface area contributed by atoms with Crippen molar-refractivity contribution >= 4 is 29.2 Å². The second-order valence-electron chi connectivity index (χ2n) is 6.44. The van der Waals surface area contributed by atoms with Crippen LogP contribution in [0.15, 0.2) is 36.7 Å². The van der Waals surface area contributed by atoms with Crippen LogP contribution in [0.2, 0.25) is 5.15 Å². The van der Waals surface area contributed by atoms with Gasteiger partial charge in [-0.25, -0.2) is 4.98 Å². The number of halogens is 1. The molecule has 6 nitrogen and oxygen atoms in total. The summed E-state index contributed by atoms with van der Waals surface area (Å²) in [6.45, 7) is 5.34. The molecule has 3 rings (SSSR count). The minimum Gasteiger partial charge on any atom is -0.352 e. The molecule has 3 aromatic rings. The van der Waals surface area contributed by atoms with Crippen LogP contribution in [-0.4, -0.2) is 31.6 Å². The average molecular weight is 386 g/mol. The lowest BCUT2D eigenvalue weighted by Gasteiger charge is -2.01. The van der Waals surface area contributed by atoms with Gasteiger partial charge in [0.15, 0.2) is 0 Å². The summed E-state index contributed by atoms with van der Waals surface area (Å²) >= 11 is 6.38. The molecule has 7 heteroatoms. The van der Waals surface area contributed by atoms with Gasteiger partial charge in [0.05, 0.1) is 11.4 Å². The predicted molar refractivity (Wildman–Crippen MR) is 108 cm³/mol. The summed E-state index contributed by atoms with van der Waals surface area (Å²) in [6, 6.07) is 5.87. The molecule has 0 aromatic carbocycles. The molecule has 0 aliphatic heterocycles. The molecule has 0 saturated heterocycles. The third-order valence-corrected chi connectivity index (χ3v) is 4.73. The van der Waals surface area contributed by atoms with Gasteiger partial charge in [-0.2, -0.15) is 5.10 Å². The van der Waals surface area contributed by atoms with Gasteiger partial charge in [-0.15, -0.1) is 0 Å². The molecule has 3 aromatic heterocycles. The van der Waals surface area contributed by atoms with E-state index in [1.165, 1.54) is 6.08 Å². The number of nitrogens with one attached hydrogen (secondary N) is 1. The Morgan fingerprint density at radius 1 is 1.37 bits per heavy atom. The Kier molecular flexibility index (Phi) is 6.29. The molecule has 0 unspecified atom stereocenters. The van der Waals surface area contributed by atoms with Crippen LogP contribution < -0.4 is 5.32 Å². The topological polar surface area (TPSA) is 64.2 Å². The molecule has 0 aliphatic carbocycles. The van der Waals surface area contributed by atoms with Crippen LogP contribution in [0.4, 0.5) is 0 Å². The summed E-state index contributed by atoms with van der Waals surface area (Å²) in [7, 11) is 0. The molecular formula is C20H24ClN5O. The fraction of sp³-hybridized carbons (Fsp3) is 0.350. The van der Waals surface area contributed by atoms with E-state index in [-0.39, 0.29) is 5.91 Å². The number of carbonyl (C=O) groups excluding carboxylic acids is 1. The number of unbranched alkanes of at least 4 members (excludes halogenated alkanes) is 1. The average Bonchev–Trinajstić information content (AvgIpc) is 3.18. The lowest BCUT2D eigenvalue weighted by molar-refractivity contribution is -0.116. The Labute approximate surface area is 163 Å². The number of amides is 1. The van der Waals surface area contributed by atoms with Crippen LogP contribution >= 0.6 is 11.6 Å². The van der Waals surface area contributed by atoms with Crippen molar-refractivity contribution in [2.45, 2.75) is 39.7 Å². The fourth-order valence-corrected chi connectivity index (χ4v) is 3.17. The highest BCUT2D eigenvalue weighted by Crippen LogP contribution is 2.21. The van der Waals surface area contributed by atoms with Gasteiger partial charge in [-0.1, -0.05) is 31.0 Å². The summed E-state index contributed by atoms with van der Waals surface area (Å²) < 4.78 is 3.76. The standard InChI is InChI=1S/C20H24ClN5O/c1-3-4-13-26-20(21)17(15(2)24-26)8-9-19(27)22-11-10-16-14-25-12-6-5-7-18(25)23-16/h5-9,12,14H,3-4,10-11,13H2,1-2H3,(H,22,27)/b9-8+. The Balaban J connectivity index is 1.53. The van der Waals surface area contributed by atoms with E-state index in [1.54, 1.807) is 10.8 Å². The van der Waals surface area contributed by atoms with Crippen molar-refractivity contribution < 1.29 is 4.79 Å². The Bertz CT molecular complexity index is 924. The van der Waals surface area contributed by atoms with Crippen LogP contribution in [0, 0.1) is 6.92 Å². The van der Waals surface area contributed by atoms with Crippen molar-refractivity contribution in [3.63, 3.8) is 0 Å². The molecule has 0 fully saturated rings. The zero-order valence-electron chi connectivity index (χ0n) is 15.7. The van der Waals surface area contributed by atoms with E-state index in [0.717, 1.165) is 42.0 Å². The highest BCUT2D eigenvalue weighted by Gasteiger charge is 2.11. The number of fused-ring (bicyclic) bond motifs is 1. The number of imidazole rings is 1. The van der Waals surface area contributed by atoms with Crippen molar-refractivity contribution in [1.29, 1.82) is 0 Å². The van der Waals surface area contributed by atoms with Crippen molar-refractivity contribution in [3.8, 4) is 0 Å². The normalized spacial score (nSPS) is 11.5. The number of carbonyl (C=O) groups is 1. The Hall–Kier alpha value is -2.60. The van der Waals surface area contributed by atoms with Gasteiger partial charge in [0.25, 0.3) is 0 Å². The Morgan fingerprint density at radius 3 is 3.00 bits per heavy atom. The second kappa shape index (κ2) is 8.86. The molecule has 0 radical (unpaired) electrons. The molecule has 142 valence electrons. The van der Waals surface area contributed by atoms with E-state index >= 15 is 0 Å². The third kappa shape index (κ3) is 4.77. The molecule has 0 spiro atoms. The van der Waals surface area contributed by atoms with E-state index in [4.69, 9.17) is 11.6 Å². The number of aryl methyl sites for hydroxylation is 2. The summed E-state index contributed by atoms with van der Waals surface area (Å²) in [5.41, 5.74) is 3.47. The molecule has 0 aliphatic rings. The number of nitrogens with zero attached hydrogens (tertiary/aromatic N) is 4. The first kappa shape index (κ1) is 19.2. The summed E-state index contributed by atoms with van der Waals surface area (Å²) in [6.07, 6.45) is 9.95. The lowest BCUT2D eigenvalue weighted by atomic mass is 10.2. The summed E-state index contributed by atoms with van der Waals surface area (Å²) in [5.74, 6) is -0.157. The molecule has 0 atom stereocenters. The predicted octanol–water partition coefficient (Wildman–Crippen LogP) is 3.66. The zero-order valence-corrected chi connectivity index (χ0v) is 16.4. The second-order valence-corrected chi connectivity index (χ2v) is 6.80. The maximum Gasteiger partial charge on any atom is 0.244 e. The molecule has 0 bridgehead atoms. The van der Waals surface area contributed by atoms with E-state index in [1.807, 2.05) is 41.9 Å². The van der Waals surface area contributed by atoms with E-state index in [9.17, 15) is 4.79 Å². The quantitative estimate of drug-likeness (QED) is 0.602. The van der Waals surface area contributed by atoms with E-state index < -0.39 is 0 Å². The lowest BCUT2D eigenvalue weighted by Crippen LogP contribution is -2.23. The molecular weight excluding hydrogens is 362 g/mol. The first-order valence-electron chi connectivity index (χ1n) is 9.20. The highest BCUT2D eigenvalue weighted by atomic mass is 35.5. The molecule has 27 heavy (non-hydrogen) atoms. The number of pyridine rings is 1. The van der Waals surface area contributed by atoms with Gasteiger partial charge in [0, 0.05) is 43.5 Å². The summed E-state index contributed by atoms with van der Waals surface area (Å²) in [4.78, 5) is 16.6. The number of hydrogen-bond acceptors (Lipinski definition) is 3. The summed E-state index contributed by atoms with van der Waals surface area (Å²) in [5, 5.41) is 7.90. The number of rotatable bonds is 8. The van der Waals surface area contributed by atoms with Crippen molar-refractivity contribution in [1.82, 2.24) is 24.5 Å². The van der Waals surface area contributed by atoms with Crippen molar-refractivity contribution in [3.05, 3.63) is 58.8 Å². The minimum absolute atomic E-state index is 0.157. The van der Waals surface area contributed by atoms with Gasteiger partial charge in [0.2, 0.25) is 5.91 Å². The molecule has 1 N–H and O–H groups in total.